The van der Waals surface area contributed by atoms with Gasteiger partial charge in [0.2, 0.25) is 0 Å². The van der Waals surface area contributed by atoms with E-state index in [1.165, 1.54) is 34.7 Å². The van der Waals surface area contributed by atoms with E-state index in [-0.39, 0.29) is 0 Å². The Kier molecular flexibility index (Phi) is 4.04. The predicted octanol–water partition coefficient (Wildman–Crippen LogP) is 3.68. The summed E-state index contributed by atoms with van der Waals surface area (Å²) >= 11 is 7.93. The van der Waals surface area contributed by atoms with Gasteiger partial charge in [0.05, 0.1) is 0 Å². The largest absolute Gasteiger partial charge is 0.371 e. The molecule has 1 fully saturated rings. The van der Waals surface area contributed by atoms with Crippen molar-refractivity contribution >= 4 is 29.1 Å². The maximum absolute atomic E-state index is 5.87. The molecule has 88 valence electrons. The molecule has 3 heteroatoms. The lowest BCUT2D eigenvalue weighted by atomic mass is 10.1. The number of benzene rings is 1. The fourth-order valence-electron chi connectivity index (χ4n) is 2.09. The summed E-state index contributed by atoms with van der Waals surface area (Å²) in [6.45, 7) is 2.14. The summed E-state index contributed by atoms with van der Waals surface area (Å²) in [6, 6.07) is 7.29. The molecule has 0 radical (unpaired) electrons. The second-order valence-corrected chi connectivity index (χ2v) is 5.79. The highest BCUT2D eigenvalue weighted by Gasteiger charge is 2.20. The number of aryl methyl sites for hydroxylation is 1. The van der Waals surface area contributed by atoms with Gasteiger partial charge in [-0.05, 0) is 42.4 Å². The van der Waals surface area contributed by atoms with Gasteiger partial charge in [0.15, 0.2) is 0 Å². The van der Waals surface area contributed by atoms with Crippen molar-refractivity contribution in [3.63, 3.8) is 0 Å². The normalized spacial score (nSPS) is 20.1. The van der Waals surface area contributed by atoms with Crippen molar-refractivity contribution in [1.82, 2.24) is 0 Å². The summed E-state index contributed by atoms with van der Waals surface area (Å²) in [7, 11) is 2.20. The van der Waals surface area contributed by atoms with Crippen LogP contribution in [-0.4, -0.2) is 24.6 Å². The van der Waals surface area contributed by atoms with Gasteiger partial charge in [0.25, 0.3) is 0 Å². The number of hydrogen-bond donors (Lipinski definition) is 0. The van der Waals surface area contributed by atoms with Crippen molar-refractivity contribution in [2.75, 3.05) is 23.5 Å². The molecular weight excluding hydrogens is 238 g/mol. The van der Waals surface area contributed by atoms with Crippen LogP contribution in [0.15, 0.2) is 18.2 Å². The third kappa shape index (κ3) is 2.49. The lowest BCUT2D eigenvalue weighted by molar-refractivity contribution is 0.700. The number of thioether (sulfide) groups is 1. The van der Waals surface area contributed by atoms with Gasteiger partial charge in [0.1, 0.15) is 0 Å². The average Bonchev–Trinajstić information content (AvgIpc) is 2.81. The first-order valence-electron chi connectivity index (χ1n) is 5.68. The van der Waals surface area contributed by atoms with Crippen molar-refractivity contribution < 1.29 is 0 Å². The molecule has 1 aliphatic rings. The highest BCUT2D eigenvalue weighted by molar-refractivity contribution is 7.99. The minimum absolute atomic E-state index is 0.606. The van der Waals surface area contributed by atoms with Gasteiger partial charge >= 0.3 is 0 Å². The third-order valence-electron chi connectivity index (χ3n) is 3.33. The summed E-state index contributed by atoms with van der Waals surface area (Å²) in [6.07, 6.45) is 1.30. The molecule has 0 saturated carbocycles. The van der Waals surface area contributed by atoms with E-state index in [1.807, 2.05) is 0 Å². The van der Waals surface area contributed by atoms with E-state index < -0.39 is 0 Å². The molecule has 16 heavy (non-hydrogen) atoms. The molecular formula is C13H18ClNS. The average molecular weight is 256 g/mol. The van der Waals surface area contributed by atoms with E-state index in [2.05, 4.69) is 48.8 Å². The topological polar surface area (TPSA) is 3.24 Å². The molecule has 1 aromatic carbocycles. The van der Waals surface area contributed by atoms with Crippen LogP contribution >= 0.6 is 23.4 Å². The van der Waals surface area contributed by atoms with Crippen LogP contribution in [0.1, 0.15) is 17.5 Å². The summed E-state index contributed by atoms with van der Waals surface area (Å²) in [4.78, 5) is 2.41. The van der Waals surface area contributed by atoms with Crippen LogP contribution in [0.25, 0.3) is 0 Å². The SMILES string of the molecule is Cc1cc(N(C)C2CCSC2)ccc1CCl. The molecule has 1 nitrogen and oxygen atoms in total. The van der Waals surface area contributed by atoms with Crippen LogP contribution in [0.2, 0.25) is 0 Å². The highest BCUT2D eigenvalue weighted by atomic mass is 35.5. The molecule has 1 unspecified atom stereocenters. The maximum atomic E-state index is 5.87. The van der Waals surface area contributed by atoms with Crippen LogP contribution in [0.4, 0.5) is 5.69 Å². The molecule has 0 N–H and O–H groups in total. The Bertz CT molecular complexity index is 361. The lowest BCUT2D eigenvalue weighted by Crippen LogP contribution is -2.31. The van der Waals surface area contributed by atoms with Gasteiger partial charge in [0, 0.05) is 30.4 Å². The highest BCUT2D eigenvalue weighted by Crippen LogP contribution is 2.27. The fourth-order valence-corrected chi connectivity index (χ4v) is 3.66. The number of nitrogens with zero attached hydrogens (tertiary/aromatic N) is 1. The van der Waals surface area contributed by atoms with Crippen molar-refractivity contribution in [2.45, 2.75) is 25.3 Å². The molecule has 0 amide bonds. The first-order chi connectivity index (χ1) is 7.72. The molecule has 1 aliphatic heterocycles. The van der Waals surface area contributed by atoms with E-state index in [4.69, 9.17) is 11.6 Å². The summed E-state index contributed by atoms with van der Waals surface area (Å²) in [5.74, 6) is 3.16. The first kappa shape index (κ1) is 12.1. The zero-order chi connectivity index (χ0) is 11.5. The summed E-state index contributed by atoms with van der Waals surface area (Å²) in [5.41, 5.74) is 3.85. The van der Waals surface area contributed by atoms with E-state index in [0.29, 0.717) is 11.9 Å². The Balaban J connectivity index is 2.16. The van der Waals surface area contributed by atoms with Crippen LogP contribution in [-0.2, 0) is 5.88 Å². The Labute approximate surface area is 107 Å². The van der Waals surface area contributed by atoms with E-state index >= 15 is 0 Å². The molecule has 0 spiro atoms. The third-order valence-corrected chi connectivity index (χ3v) is 4.76. The van der Waals surface area contributed by atoms with Gasteiger partial charge < -0.3 is 4.90 Å². The number of rotatable bonds is 3. The second kappa shape index (κ2) is 5.33. The van der Waals surface area contributed by atoms with Crippen molar-refractivity contribution in [1.29, 1.82) is 0 Å². The van der Waals surface area contributed by atoms with Crippen molar-refractivity contribution in [2.24, 2.45) is 0 Å². The first-order valence-corrected chi connectivity index (χ1v) is 7.37. The fraction of sp³-hybridized carbons (Fsp3) is 0.538. The van der Waals surface area contributed by atoms with E-state index in [1.54, 1.807) is 0 Å². The molecule has 1 aromatic rings. The minimum atomic E-state index is 0.606. The Morgan fingerprint density at radius 1 is 1.50 bits per heavy atom. The van der Waals surface area contributed by atoms with Gasteiger partial charge in [-0.25, -0.2) is 0 Å². The smallest absolute Gasteiger partial charge is 0.0476 e. The molecule has 0 bridgehead atoms. The molecule has 0 aromatic heterocycles. The Morgan fingerprint density at radius 3 is 2.88 bits per heavy atom. The number of anilines is 1. The van der Waals surface area contributed by atoms with E-state index in [0.717, 1.165) is 0 Å². The monoisotopic (exact) mass is 255 g/mol. The molecule has 0 aliphatic carbocycles. The Hall–Kier alpha value is -0.340. The van der Waals surface area contributed by atoms with Crippen molar-refractivity contribution in [3.8, 4) is 0 Å². The number of hydrogen-bond acceptors (Lipinski definition) is 2. The summed E-state index contributed by atoms with van der Waals surface area (Å²) in [5, 5.41) is 0. The van der Waals surface area contributed by atoms with Gasteiger partial charge in [-0.1, -0.05) is 6.07 Å². The maximum Gasteiger partial charge on any atom is 0.0476 e. The summed E-state index contributed by atoms with van der Waals surface area (Å²) < 4.78 is 0. The second-order valence-electron chi connectivity index (χ2n) is 4.37. The standard InChI is InChI=1S/C13H18ClNS/c1-10-7-12(4-3-11(10)8-14)15(2)13-5-6-16-9-13/h3-4,7,13H,5-6,8-9H2,1-2H3. The van der Waals surface area contributed by atoms with Crippen LogP contribution in [0, 0.1) is 6.92 Å². The molecule has 1 saturated heterocycles. The lowest BCUT2D eigenvalue weighted by Gasteiger charge is -2.26. The quantitative estimate of drug-likeness (QED) is 0.758. The van der Waals surface area contributed by atoms with Gasteiger partial charge in [-0.15, -0.1) is 11.6 Å². The zero-order valence-electron chi connectivity index (χ0n) is 9.87. The van der Waals surface area contributed by atoms with E-state index in [9.17, 15) is 0 Å². The van der Waals surface area contributed by atoms with Gasteiger partial charge in [-0.3, -0.25) is 0 Å². The number of halogens is 1. The molecule has 1 heterocycles. The van der Waals surface area contributed by atoms with Gasteiger partial charge in [-0.2, -0.15) is 11.8 Å². The predicted molar refractivity (Wildman–Crippen MR) is 74.9 cm³/mol. The Morgan fingerprint density at radius 2 is 2.31 bits per heavy atom. The van der Waals surface area contributed by atoms with Crippen LogP contribution in [0.3, 0.4) is 0 Å². The molecule has 1 atom stereocenters. The number of alkyl halides is 1. The van der Waals surface area contributed by atoms with Crippen LogP contribution < -0.4 is 4.90 Å². The van der Waals surface area contributed by atoms with Crippen molar-refractivity contribution in [3.05, 3.63) is 29.3 Å². The molecule has 2 rings (SSSR count). The van der Waals surface area contributed by atoms with Crippen LogP contribution in [0.5, 0.6) is 0 Å². The zero-order valence-corrected chi connectivity index (χ0v) is 11.4. The minimum Gasteiger partial charge on any atom is -0.371 e.